The van der Waals surface area contributed by atoms with Crippen molar-refractivity contribution in [3.8, 4) is 11.5 Å². The van der Waals surface area contributed by atoms with Crippen molar-refractivity contribution in [2.75, 3.05) is 39.9 Å². The van der Waals surface area contributed by atoms with Crippen molar-refractivity contribution in [2.45, 2.75) is 37.6 Å². The van der Waals surface area contributed by atoms with Crippen molar-refractivity contribution in [3.63, 3.8) is 0 Å². The van der Waals surface area contributed by atoms with Crippen LogP contribution in [0.15, 0.2) is 48.5 Å². The molecule has 1 fully saturated rings. The first-order chi connectivity index (χ1) is 18.6. The molecule has 3 N–H and O–H groups in total. The lowest BCUT2D eigenvalue weighted by Gasteiger charge is -2.34. The van der Waals surface area contributed by atoms with Crippen molar-refractivity contribution in [2.24, 2.45) is 5.92 Å². The van der Waals surface area contributed by atoms with Crippen LogP contribution in [-0.4, -0.2) is 80.0 Å². The Morgan fingerprint density at radius 2 is 1.85 bits per heavy atom. The molecule has 2 amide bonds. The molecule has 1 saturated heterocycles. The number of alkyl halides is 3. The van der Waals surface area contributed by atoms with Crippen molar-refractivity contribution in [1.29, 1.82) is 0 Å². The number of rotatable bonds is 12. The monoisotopic (exact) mass is 571 g/mol. The van der Waals surface area contributed by atoms with Crippen LogP contribution in [0.2, 0.25) is 5.02 Å². The first kappa shape index (κ1) is 30.5. The zero-order valence-electron chi connectivity index (χ0n) is 21.5. The lowest BCUT2D eigenvalue weighted by atomic mass is 9.95. The van der Waals surface area contributed by atoms with Gasteiger partial charge in [0.05, 0.1) is 7.11 Å². The minimum absolute atomic E-state index is 0.0998. The van der Waals surface area contributed by atoms with E-state index in [1.807, 2.05) is 5.32 Å². The molecule has 39 heavy (non-hydrogen) atoms. The zero-order valence-corrected chi connectivity index (χ0v) is 22.3. The van der Waals surface area contributed by atoms with Gasteiger partial charge in [0.25, 0.3) is 5.91 Å². The molecule has 0 aliphatic carbocycles. The van der Waals surface area contributed by atoms with Gasteiger partial charge in [0.2, 0.25) is 5.91 Å². The number of piperidine rings is 1. The Kier molecular flexibility index (Phi) is 11.3. The molecular weight excluding hydrogens is 539 g/mol. The van der Waals surface area contributed by atoms with Gasteiger partial charge in [-0.25, -0.2) is 0 Å². The van der Waals surface area contributed by atoms with E-state index in [4.69, 9.17) is 21.1 Å². The third-order valence-corrected chi connectivity index (χ3v) is 6.69. The molecule has 0 saturated carbocycles. The fraction of sp³-hybridized carbons (Fsp3) is 0.481. The average molecular weight is 572 g/mol. The normalized spacial score (nSPS) is 15.7. The number of carbonyl (C=O) groups is 2. The smallest absolute Gasteiger partial charge is 0.411 e. The standard InChI is InChI=1S/C27H33ClF3N3O5/c1-38-21-7-5-18(6-8-21)11-14-34(26(37)19-9-12-32-13-10-19)16-23(35)25(27(29,30)31)33-24(36)17-39-22-4-2-3-20(28)15-22/h2-8,15,19,23,25,32,35H,9-14,16-17H2,1H3,(H,33,36). The molecule has 1 aliphatic rings. The van der Waals surface area contributed by atoms with E-state index in [0.29, 0.717) is 43.1 Å². The fourth-order valence-corrected chi connectivity index (χ4v) is 4.50. The maximum Gasteiger partial charge on any atom is 0.411 e. The minimum atomic E-state index is -4.97. The predicted molar refractivity (Wildman–Crippen MR) is 140 cm³/mol. The van der Waals surface area contributed by atoms with Crippen molar-refractivity contribution in [3.05, 3.63) is 59.1 Å². The van der Waals surface area contributed by atoms with Gasteiger partial charge in [0.1, 0.15) is 17.6 Å². The van der Waals surface area contributed by atoms with Gasteiger partial charge in [0, 0.05) is 24.0 Å². The molecule has 1 aliphatic heterocycles. The van der Waals surface area contributed by atoms with Crippen LogP contribution >= 0.6 is 11.6 Å². The molecule has 8 nitrogen and oxygen atoms in total. The van der Waals surface area contributed by atoms with Crippen molar-refractivity contribution >= 4 is 23.4 Å². The van der Waals surface area contributed by atoms with E-state index < -0.39 is 37.4 Å². The van der Waals surface area contributed by atoms with Crippen molar-refractivity contribution < 1.29 is 37.3 Å². The second-order valence-electron chi connectivity index (χ2n) is 9.31. The highest BCUT2D eigenvalue weighted by Crippen LogP contribution is 2.25. The summed E-state index contributed by atoms with van der Waals surface area (Å²) < 4.78 is 52.1. The van der Waals surface area contributed by atoms with Crippen LogP contribution in [0.25, 0.3) is 0 Å². The molecule has 214 valence electrons. The second kappa shape index (κ2) is 14.4. The summed E-state index contributed by atoms with van der Waals surface area (Å²) in [4.78, 5) is 26.9. The maximum atomic E-state index is 13.9. The zero-order chi connectivity index (χ0) is 28.4. The summed E-state index contributed by atoms with van der Waals surface area (Å²) in [6, 6.07) is 10.6. The van der Waals surface area contributed by atoms with E-state index in [0.717, 1.165) is 5.56 Å². The molecule has 1 heterocycles. The molecule has 0 aromatic heterocycles. The molecular formula is C27H33ClF3N3O5. The number of nitrogens with zero attached hydrogens (tertiary/aromatic N) is 1. The molecule has 0 radical (unpaired) electrons. The summed E-state index contributed by atoms with van der Waals surface area (Å²) in [6.45, 7) is 0.0359. The minimum Gasteiger partial charge on any atom is -0.497 e. The number of nitrogens with one attached hydrogen (secondary N) is 2. The number of halogens is 4. The molecule has 2 aromatic carbocycles. The van der Waals surface area contributed by atoms with E-state index in [1.165, 1.54) is 24.1 Å². The van der Waals surface area contributed by atoms with E-state index in [1.54, 1.807) is 36.4 Å². The van der Waals surface area contributed by atoms with E-state index >= 15 is 0 Å². The molecule has 0 spiro atoms. The van der Waals surface area contributed by atoms with Gasteiger partial charge < -0.3 is 30.1 Å². The largest absolute Gasteiger partial charge is 0.497 e. The molecule has 12 heteroatoms. The van der Waals surface area contributed by atoms with Gasteiger partial charge in [-0.05, 0) is 68.2 Å². The summed E-state index contributed by atoms with van der Waals surface area (Å²) in [7, 11) is 1.54. The highest BCUT2D eigenvalue weighted by atomic mass is 35.5. The van der Waals surface area contributed by atoms with E-state index in [2.05, 4.69) is 5.32 Å². The number of benzene rings is 2. The number of amides is 2. The van der Waals surface area contributed by atoms with Crippen LogP contribution < -0.4 is 20.1 Å². The van der Waals surface area contributed by atoms with Gasteiger partial charge >= 0.3 is 6.18 Å². The number of aliphatic hydroxyl groups excluding tert-OH is 1. The number of methoxy groups -OCH3 is 1. The molecule has 2 aromatic rings. The summed E-state index contributed by atoms with van der Waals surface area (Å²) in [6.07, 6.45) is -5.60. The number of carbonyl (C=O) groups excluding carboxylic acids is 2. The average Bonchev–Trinajstić information content (AvgIpc) is 2.92. The van der Waals surface area contributed by atoms with Gasteiger partial charge in [0.15, 0.2) is 12.6 Å². The summed E-state index contributed by atoms with van der Waals surface area (Å²) >= 11 is 5.85. The summed E-state index contributed by atoms with van der Waals surface area (Å²) in [5.41, 5.74) is 0.854. The van der Waals surface area contributed by atoms with Crippen LogP contribution in [0, 0.1) is 5.92 Å². The Hall–Kier alpha value is -3.02. The topological polar surface area (TPSA) is 100 Å². The van der Waals surface area contributed by atoms with Crippen LogP contribution in [0.3, 0.4) is 0 Å². The van der Waals surface area contributed by atoms with Crippen LogP contribution in [0.5, 0.6) is 11.5 Å². The predicted octanol–water partition coefficient (Wildman–Crippen LogP) is 3.21. The molecule has 2 atom stereocenters. The van der Waals surface area contributed by atoms with Crippen LogP contribution in [0.4, 0.5) is 13.2 Å². The fourth-order valence-electron chi connectivity index (χ4n) is 4.32. The Bertz CT molecular complexity index is 1080. The lowest BCUT2D eigenvalue weighted by Crippen LogP contribution is -2.57. The maximum absolute atomic E-state index is 13.9. The SMILES string of the molecule is COc1ccc(CCN(CC(O)C(NC(=O)COc2cccc(Cl)c2)C(F)(F)F)C(=O)C2CCNCC2)cc1. The Balaban J connectivity index is 1.68. The van der Waals surface area contributed by atoms with Gasteiger partial charge in [-0.1, -0.05) is 29.8 Å². The number of ether oxygens (including phenoxy) is 2. The Morgan fingerprint density at radius 1 is 1.15 bits per heavy atom. The van der Waals surface area contributed by atoms with Crippen LogP contribution in [-0.2, 0) is 16.0 Å². The third-order valence-electron chi connectivity index (χ3n) is 6.46. The first-order valence-electron chi connectivity index (χ1n) is 12.6. The van der Waals surface area contributed by atoms with Gasteiger partial charge in [-0.3, -0.25) is 9.59 Å². The number of hydrogen-bond donors (Lipinski definition) is 3. The van der Waals surface area contributed by atoms with E-state index in [9.17, 15) is 27.9 Å². The quantitative estimate of drug-likeness (QED) is 0.362. The Labute approximate surface area is 230 Å². The second-order valence-corrected chi connectivity index (χ2v) is 9.74. The summed E-state index contributed by atoms with van der Waals surface area (Å²) in [5, 5.41) is 16.0. The highest BCUT2D eigenvalue weighted by Gasteiger charge is 2.46. The molecule has 0 bridgehead atoms. The first-order valence-corrected chi connectivity index (χ1v) is 13.0. The lowest BCUT2D eigenvalue weighted by molar-refractivity contribution is -0.184. The molecule has 3 rings (SSSR count). The summed E-state index contributed by atoms with van der Waals surface area (Å²) in [5.74, 6) is -0.898. The highest BCUT2D eigenvalue weighted by molar-refractivity contribution is 6.30. The number of aliphatic hydroxyl groups is 1. The van der Waals surface area contributed by atoms with Gasteiger partial charge in [-0.15, -0.1) is 0 Å². The third kappa shape index (κ3) is 9.59. The number of hydrogen-bond acceptors (Lipinski definition) is 6. The van der Waals surface area contributed by atoms with Crippen LogP contribution in [0.1, 0.15) is 18.4 Å². The Morgan fingerprint density at radius 3 is 2.46 bits per heavy atom. The van der Waals surface area contributed by atoms with Gasteiger partial charge in [-0.2, -0.15) is 13.2 Å². The molecule has 2 unspecified atom stereocenters. The van der Waals surface area contributed by atoms with E-state index in [-0.39, 0.29) is 24.1 Å². The van der Waals surface area contributed by atoms with Crippen molar-refractivity contribution in [1.82, 2.24) is 15.5 Å².